The molecule has 0 radical (unpaired) electrons. The maximum Gasteiger partial charge on any atom is 0.339 e. The van der Waals surface area contributed by atoms with Crippen molar-refractivity contribution in [1.29, 1.82) is 0 Å². The molecule has 0 aromatic carbocycles. The first-order chi connectivity index (χ1) is 7.18. The van der Waals surface area contributed by atoms with E-state index >= 15 is 0 Å². The van der Waals surface area contributed by atoms with Crippen molar-refractivity contribution in [3.8, 4) is 11.6 Å². The number of carboxylic acid groups (broad SMARTS) is 1. The second-order valence-electron chi connectivity index (χ2n) is 2.98. The van der Waals surface area contributed by atoms with Crippen LogP contribution in [-0.2, 0) is 0 Å². The summed E-state index contributed by atoms with van der Waals surface area (Å²) in [5.74, 6) is -0.115. The number of furan rings is 1. The van der Waals surface area contributed by atoms with Crippen LogP contribution in [0.1, 0.15) is 16.1 Å². The fourth-order valence-corrected chi connectivity index (χ4v) is 1.20. The highest BCUT2D eigenvalue weighted by Gasteiger charge is 2.11. The molecular formula is C10H8N2O3. The third kappa shape index (κ3) is 1.71. The van der Waals surface area contributed by atoms with Gasteiger partial charge in [-0.2, -0.15) is 0 Å². The van der Waals surface area contributed by atoms with E-state index in [4.69, 9.17) is 9.52 Å². The molecule has 2 aromatic heterocycles. The average molecular weight is 204 g/mol. The number of aryl methyl sites for hydroxylation is 1. The van der Waals surface area contributed by atoms with E-state index in [2.05, 4.69) is 9.97 Å². The molecule has 15 heavy (non-hydrogen) atoms. The minimum Gasteiger partial charge on any atom is -0.478 e. The Balaban J connectivity index is 2.47. The van der Waals surface area contributed by atoms with E-state index in [0.29, 0.717) is 17.3 Å². The number of carboxylic acids is 1. The maximum atomic E-state index is 10.7. The van der Waals surface area contributed by atoms with E-state index < -0.39 is 5.97 Å². The SMILES string of the molecule is Cc1nc(-c2ccco2)ncc1C(=O)O. The van der Waals surface area contributed by atoms with Crippen molar-refractivity contribution in [2.45, 2.75) is 6.92 Å². The smallest absolute Gasteiger partial charge is 0.339 e. The normalized spacial score (nSPS) is 10.2. The molecule has 0 atom stereocenters. The molecule has 5 nitrogen and oxygen atoms in total. The van der Waals surface area contributed by atoms with Gasteiger partial charge in [-0.15, -0.1) is 0 Å². The number of carbonyl (C=O) groups is 1. The molecule has 0 aliphatic carbocycles. The van der Waals surface area contributed by atoms with Crippen LogP contribution in [0.3, 0.4) is 0 Å². The van der Waals surface area contributed by atoms with Gasteiger partial charge in [0, 0.05) is 6.20 Å². The number of aromatic nitrogens is 2. The van der Waals surface area contributed by atoms with Crippen molar-refractivity contribution in [2.24, 2.45) is 0 Å². The second-order valence-corrected chi connectivity index (χ2v) is 2.98. The van der Waals surface area contributed by atoms with E-state index in [1.165, 1.54) is 12.5 Å². The molecule has 0 aliphatic rings. The predicted molar refractivity (Wildman–Crippen MR) is 51.4 cm³/mol. The van der Waals surface area contributed by atoms with Gasteiger partial charge in [0.2, 0.25) is 0 Å². The Labute approximate surface area is 85.4 Å². The lowest BCUT2D eigenvalue weighted by Gasteiger charge is -2.00. The third-order valence-electron chi connectivity index (χ3n) is 1.95. The van der Waals surface area contributed by atoms with Crippen molar-refractivity contribution in [3.05, 3.63) is 35.9 Å². The summed E-state index contributed by atoms with van der Waals surface area (Å²) in [4.78, 5) is 18.7. The lowest BCUT2D eigenvalue weighted by molar-refractivity contribution is 0.0695. The lowest BCUT2D eigenvalue weighted by atomic mass is 10.2. The van der Waals surface area contributed by atoms with Crippen molar-refractivity contribution in [1.82, 2.24) is 9.97 Å². The summed E-state index contributed by atoms with van der Waals surface area (Å²) in [7, 11) is 0. The topological polar surface area (TPSA) is 76.2 Å². The zero-order valence-electron chi connectivity index (χ0n) is 7.97. The summed E-state index contributed by atoms with van der Waals surface area (Å²) in [6, 6.07) is 3.44. The van der Waals surface area contributed by atoms with Crippen LogP contribution in [0.15, 0.2) is 29.0 Å². The molecule has 2 aromatic rings. The molecule has 2 rings (SSSR count). The van der Waals surface area contributed by atoms with Crippen molar-refractivity contribution >= 4 is 5.97 Å². The number of hydrogen-bond acceptors (Lipinski definition) is 4. The van der Waals surface area contributed by atoms with Crippen LogP contribution in [0.5, 0.6) is 0 Å². The van der Waals surface area contributed by atoms with Gasteiger partial charge in [-0.3, -0.25) is 0 Å². The number of rotatable bonds is 2. The van der Waals surface area contributed by atoms with Crippen LogP contribution < -0.4 is 0 Å². The van der Waals surface area contributed by atoms with Gasteiger partial charge in [0.15, 0.2) is 11.6 Å². The first kappa shape index (κ1) is 9.39. The zero-order valence-corrected chi connectivity index (χ0v) is 7.97. The summed E-state index contributed by atoms with van der Waals surface area (Å²) in [5.41, 5.74) is 0.522. The van der Waals surface area contributed by atoms with Crippen LogP contribution in [0.25, 0.3) is 11.6 Å². The Morgan fingerprint density at radius 2 is 2.33 bits per heavy atom. The second kappa shape index (κ2) is 3.53. The van der Waals surface area contributed by atoms with Gasteiger partial charge in [0.05, 0.1) is 17.5 Å². The number of hydrogen-bond donors (Lipinski definition) is 1. The quantitative estimate of drug-likeness (QED) is 0.806. The Kier molecular flexibility index (Phi) is 2.21. The van der Waals surface area contributed by atoms with Crippen LogP contribution in [0.4, 0.5) is 0 Å². The molecule has 5 heteroatoms. The first-order valence-electron chi connectivity index (χ1n) is 4.29. The van der Waals surface area contributed by atoms with Crippen LogP contribution in [-0.4, -0.2) is 21.0 Å². The van der Waals surface area contributed by atoms with Crippen molar-refractivity contribution in [3.63, 3.8) is 0 Å². The maximum absolute atomic E-state index is 10.7. The Bertz CT molecular complexity index is 491. The molecule has 0 amide bonds. The number of aromatic carboxylic acids is 1. The molecule has 0 aliphatic heterocycles. The highest BCUT2D eigenvalue weighted by molar-refractivity contribution is 5.88. The van der Waals surface area contributed by atoms with E-state index in [-0.39, 0.29) is 5.56 Å². The van der Waals surface area contributed by atoms with Gasteiger partial charge in [-0.1, -0.05) is 0 Å². The first-order valence-corrected chi connectivity index (χ1v) is 4.29. The summed E-state index contributed by atoms with van der Waals surface area (Å²) in [6.45, 7) is 1.62. The highest BCUT2D eigenvalue weighted by Crippen LogP contribution is 2.16. The highest BCUT2D eigenvalue weighted by atomic mass is 16.4. The predicted octanol–water partition coefficient (Wildman–Crippen LogP) is 1.74. The van der Waals surface area contributed by atoms with Gasteiger partial charge >= 0.3 is 5.97 Å². The summed E-state index contributed by atoms with van der Waals surface area (Å²) < 4.78 is 5.10. The molecule has 0 saturated heterocycles. The zero-order chi connectivity index (χ0) is 10.8. The van der Waals surface area contributed by atoms with Crippen LogP contribution in [0, 0.1) is 6.92 Å². The monoisotopic (exact) mass is 204 g/mol. The molecule has 0 bridgehead atoms. The van der Waals surface area contributed by atoms with E-state index in [0.717, 1.165) is 0 Å². The van der Waals surface area contributed by atoms with Crippen molar-refractivity contribution < 1.29 is 14.3 Å². The lowest BCUT2D eigenvalue weighted by Crippen LogP contribution is -2.03. The summed E-state index contributed by atoms with van der Waals surface area (Å²) >= 11 is 0. The molecule has 1 N–H and O–H groups in total. The molecule has 76 valence electrons. The molecule has 2 heterocycles. The summed E-state index contributed by atoms with van der Waals surface area (Å²) in [6.07, 6.45) is 2.79. The van der Waals surface area contributed by atoms with Gasteiger partial charge in [-0.05, 0) is 19.1 Å². The summed E-state index contributed by atoms with van der Waals surface area (Å²) in [5, 5.41) is 8.78. The minimum atomic E-state index is -1.03. The van der Waals surface area contributed by atoms with Crippen molar-refractivity contribution in [2.75, 3.05) is 0 Å². The van der Waals surface area contributed by atoms with Crippen LogP contribution in [0.2, 0.25) is 0 Å². The number of nitrogens with zero attached hydrogens (tertiary/aromatic N) is 2. The third-order valence-corrected chi connectivity index (χ3v) is 1.95. The molecule has 0 spiro atoms. The fraction of sp³-hybridized carbons (Fsp3) is 0.100. The standard InChI is InChI=1S/C10H8N2O3/c1-6-7(10(13)14)5-11-9(12-6)8-3-2-4-15-8/h2-5H,1H3,(H,13,14). The average Bonchev–Trinajstić information content (AvgIpc) is 2.69. The van der Waals surface area contributed by atoms with Gasteiger partial charge < -0.3 is 9.52 Å². The Morgan fingerprint density at radius 3 is 2.87 bits per heavy atom. The largest absolute Gasteiger partial charge is 0.478 e. The van der Waals surface area contributed by atoms with Gasteiger partial charge in [0.1, 0.15) is 0 Å². The Hall–Kier alpha value is -2.17. The molecular weight excluding hydrogens is 196 g/mol. The Morgan fingerprint density at radius 1 is 1.53 bits per heavy atom. The van der Waals surface area contributed by atoms with E-state index in [1.54, 1.807) is 19.1 Å². The van der Waals surface area contributed by atoms with Gasteiger partial charge in [0.25, 0.3) is 0 Å². The fourth-order valence-electron chi connectivity index (χ4n) is 1.20. The molecule has 0 unspecified atom stereocenters. The molecule has 0 fully saturated rings. The molecule has 0 saturated carbocycles. The minimum absolute atomic E-state index is 0.102. The van der Waals surface area contributed by atoms with E-state index in [9.17, 15) is 4.79 Å². The van der Waals surface area contributed by atoms with Gasteiger partial charge in [-0.25, -0.2) is 14.8 Å². The van der Waals surface area contributed by atoms with E-state index in [1.807, 2.05) is 0 Å². The van der Waals surface area contributed by atoms with Crippen LogP contribution >= 0.6 is 0 Å².